The molecule has 0 spiro atoms. The van der Waals surface area contributed by atoms with E-state index in [4.69, 9.17) is 0 Å². The third kappa shape index (κ3) is 7.90. The minimum Gasteiger partial charge on any atom is -0.393 e. The first-order chi connectivity index (χ1) is 23.9. The number of ketones is 1. The Bertz CT molecular complexity index is 1920. The van der Waals surface area contributed by atoms with E-state index >= 15 is 0 Å². The lowest BCUT2D eigenvalue weighted by Crippen LogP contribution is -2.54. The number of allylic oxidation sites excluding steroid dienone is 2. The molecule has 3 aromatic carbocycles. The molecule has 2 N–H and O–H groups in total. The molecule has 0 radical (unpaired) electrons. The van der Waals surface area contributed by atoms with Gasteiger partial charge in [0.05, 0.1) is 18.0 Å². The highest BCUT2D eigenvalue weighted by atomic mass is 32.2. The van der Waals surface area contributed by atoms with E-state index in [2.05, 4.69) is 19.9 Å². The van der Waals surface area contributed by atoms with Crippen molar-refractivity contribution in [2.24, 2.45) is 5.41 Å². The quantitative estimate of drug-likeness (QED) is 0.135. The number of carbonyl (C=O) groups excluding carboxylic acids is 1. The van der Waals surface area contributed by atoms with Crippen LogP contribution in [0.15, 0.2) is 102 Å². The maximum atomic E-state index is 14.5. The van der Waals surface area contributed by atoms with Gasteiger partial charge < -0.3 is 10.2 Å². The maximum Gasteiger partial charge on any atom is 0.211 e. The molecule has 6 nitrogen and oxygen atoms in total. The van der Waals surface area contributed by atoms with Gasteiger partial charge in [0.15, 0.2) is 5.78 Å². The summed E-state index contributed by atoms with van der Waals surface area (Å²) in [6, 6.07) is 27.7. The van der Waals surface area contributed by atoms with Gasteiger partial charge in [-0.2, -0.15) is 4.31 Å². The SMILES string of the molecule is CC1=CCC[C@@]2(C)[C@@H](CC[C@@]2(O)CN(CCc2cccs2)S(C)(=O)=O)c2ccc(cc2C(=O)c2ccc(-c3ccccc3)cc2)C[C@@H](O)CC1. The van der Waals surface area contributed by atoms with Gasteiger partial charge in [-0.05, 0) is 104 Å². The normalized spacial score (nSPS) is 24.5. The van der Waals surface area contributed by atoms with Crippen molar-refractivity contribution in [2.45, 2.75) is 82.8 Å². The highest BCUT2D eigenvalue weighted by Gasteiger charge is 2.57. The van der Waals surface area contributed by atoms with E-state index in [9.17, 15) is 23.4 Å². The Labute approximate surface area is 301 Å². The van der Waals surface area contributed by atoms with Crippen LogP contribution >= 0.6 is 11.3 Å². The molecule has 3 aliphatic carbocycles. The van der Waals surface area contributed by atoms with E-state index in [-0.39, 0.29) is 18.2 Å². The van der Waals surface area contributed by atoms with Crippen LogP contribution in [0.4, 0.5) is 0 Å². The first kappa shape index (κ1) is 36.4. The van der Waals surface area contributed by atoms with E-state index in [1.54, 1.807) is 11.3 Å². The van der Waals surface area contributed by atoms with Gasteiger partial charge in [-0.1, -0.05) is 91.4 Å². The average Bonchev–Trinajstić information content (AvgIpc) is 3.71. The van der Waals surface area contributed by atoms with Crippen LogP contribution in [0.3, 0.4) is 0 Å². The monoisotopic (exact) mass is 711 g/mol. The predicted octanol–water partition coefficient (Wildman–Crippen LogP) is 8.19. The molecule has 0 amide bonds. The van der Waals surface area contributed by atoms with Gasteiger partial charge in [-0.3, -0.25) is 4.79 Å². The first-order valence-electron chi connectivity index (χ1n) is 17.7. The summed E-state index contributed by atoms with van der Waals surface area (Å²) in [5.41, 5.74) is 4.19. The second-order valence-corrected chi connectivity index (χ2v) is 17.7. The van der Waals surface area contributed by atoms with Crippen LogP contribution in [0.2, 0.25) is 0 Å². The zero-order valence-corrected chi connectivity index (χ0v) is 31.0. The summed E-state index contributed by atoms with van der Waals surface area (Å²) in [5.74, 6) is -0.283. The minimum atomic E-state index is -3.61. The number of nitrogens with zero attached hydrogens (tertiary/aromatic N) is 1. The molecule has 1 fully saturated rings. The highest BCUT2D eigenvalue weighted by molar-refractivity contribution is 7.88. The van der Waals surface area contributed by atoms with Crippen molar-refractivity contribution in [1.82, 2.24) is 4.31 Å². The van der Waals surface area contributed by atoms with Crippen LogP contribution in [0, 0.1) is 5.41 Å². The van der Waals surface area contributed by atoms with E-state index < -0.39 is 27.1 Å². The highest BCUT2D eigenvalue weighted by Crippen LogP contribution is 2.59. The van der Waals surface area contributed by atoms with E-state index in [1.807, 2.05) is 90.3 Å². The molecule has 0 aliphatic heterocycles. The van der Waals surface area contributed by atoms with Crippen molar-refractivity contribution in [1.29, 1.82) is 0 Å². The number of hydrogen-bond acceptors (Lipinski definition) is 6. The summed E-state index contributed by atoms with van der Waals surface area (Å²) < 4.78 is 27.8. The van der Waals surface area contributed by atoms with Gasteiger partial charge in [-0.25, -0.2) is 8.42 Å². The van der Waals surface area contributed by atoms with Crippen molar-refractivity contribution in [3.05, 3.63) is 129 Å². The van der Waals surface area contributed by atoms with E-state index in [0.717, 1.165) is 33.6 Å². The number of hydrogen-bond donors (Lipinski definition) is 2. The van der Waals surface area contributed by atoms with Crippen molar-refractivity contribution in [3.8, 4) is 11.1 Å². The standard InChI is InChI=1S/C42H49NO5S2/c1-30-9-7-23-41(2)39(21-24-42(41,46)29-43(50(3,47)48)25-22-36-12-8-26-49-36)37-20-14-31(27-35(44)19-13-30)28-38(37)40(45)34-17-15-33(16-18-34)32-10-5-4-6-11-32/h4-6,8-12,14-18,20,26,28,35,39,44,46H,7,13,19,21-25,27,29H2,1-3H3/t35-,39-,41-,42+/m0/s1. The fraction of sp³-hybridized carbons (Fsp3) is 0.405. The molecule has 1 heterocycles. The largest absolute Gasteiger partial charge is 0.393 e. The van der Waals surface area contributed by atoms with E-state index in [0.29, 0.717) is 62.6 Å². The molecule has 1 saturated carbocycles. The smallest absolute Gasteiger partial charge is 0.211 e. The van der Waals surface area contributed by atoms with Crippen LogP contribution in [0.25, 0.3) is 11.1 Å². The van der Waals surface area contributed by atoms with Crippen LogP contribution in [-0.4, -0.2) is 59.8 Å². The molecule has 4 atom stereocenters. The molecule has 264 valence electrons. The Morgan fingerprint density at radius 3 is 2.40 bits per heavy atom. The van der Waals surface area contributed by atoms with Gasteiger partial charge >= 0.3 is 0 Å². The third-order valence-electron chi connectivity index (χ3n) is 11.3. The Morgan fingerprint density at radius 1 is 0.960 bits per heavy atom. The Kier molecular flexibility index (Phi) is 11.0. The minimum absolute atomic E-state index is 0.00140. The molecule has 7 rings (SSSR count). The second kappa shape index (κ2) is 15.1. The lowest BCUT2D eigenvalue weighted by Gasteiger charge is -2.45. The summed E-state index contributed by atoms with van der Waals surface area (Å²) in [5, 5.41) is 25.7. The van der Waals surface area contributed by atoms with Crippen molar-refractivity contribution < 1.29 is 23.4 Å². The van der Waals surface area contributed by atoms with Crippen molar-refractivity contribution in [2.75, 3.05) is 19.3 Å². The molecule has 0 saturated heterocycles. The van der Waals surface area contributed by atoms with Crippen LogP contribution < -0.4 is 0 Å². The van der Waals surface area contributed by atoms with Gasteiger partial charge in [0.2, 0.25) is 10.0 Å². The summed E-state index contributed by atoms with van der Waals surface area (Å²) >= 11 is 1.60. The number of aliphatic hydroxyl groups excluding tert-OH is 1. The van der Waals surface area contributed by atoms with E-state index in [1.165, 1.54) is 16.1 Å². The van der Waals surface area contributed by atoms with Gasteiger partial charge in [-0.15, -0.1) is 11.3 Å². The molecule has 0 unspecified atom stereocenters. The average molecular weight is 712 g/mol. The number of thiophene rings is 1. The summed E-state index contributed by atoms with van der Waals surface area (Å²) in [7, 11) is -3.61. The summed E-state index contributed by atoms with van der Waals surface area (Å²) in [4.78, 5) is 15.6. The molecule has 2 bridgehead atoms. The van der Waals surface area contributed by atoms with Crippen LogP contribution in [-0.2, 0) is 22.9 Å². The number of sulfonamides is 1. The van der Waals surface area contributed by atoms with Gasteiger partial charge in [0.1, 0.15) is 0 Å². The zero-order chi connectivity index (χ0) is 35.5. The first-order valence-corrected chi connectivity index (χ1v) is 20.5. The third-order valence-corrected chi connectivity index (χ3v) is 13.5. The molecule has 1 aromatic heterocycles. The van der Waals surface area contributed by atoms with Crippen molar-refractivity contribution >= 4 is 27.1 Å². The second-order valence-electron chi connectivity index (χ2n) is 14.6. The van der Waals surface area contributed by atoms with Gasteiger partial charge in [0.25, 0.3) is 0 Å². The lowest BCUT2D eigenvalue weighted by atomic mass is 9.64. The Balaban J connectivity index is 1.40. The number of benzene rings is 3. The summed E-state index contributed by atoms with van der Waals surface area (Å²) in [6.45, 7) is 4.48. The number of rotatable bonds is 9. The fourth-order valence-corrected chi connectivity index (χ4v) is 9.71. The lowest BCUT2D eigenvalue weighted by molar-refractivity contribution is -0.0722. The van der Waals surface area contributed by atoms with Crippen LogP contribution in [0.1, 0.15) is 90.2 Å². The Morgan fingerprint density at radius 2 is 1.70 bits per heavy atom. The molecule has 50 heavy (non-hydrogen) atoms. The van der Waals surface area contributed by atoms with Gasteiger partial charge in [0, 0.05) is 34.5 Å². The maximum absolute atomic E-state index is 14.5. The number of fused-ring (bicyclic) bond motifs is 8. The number of aliphatic hydroxyl groups is 2. The summed E-state index contributed by atoms with van der Waals surface area (Å²) in [6.07, 6.45) is 7.66. The molecular weight excluding hydrogens is 663 g/mol. The molecule has 3 aliphatic rings. The molecule has 8 heteroatoms. The fourth-order valence-electron chi connectivity index (χ4n) is 8.14. The molecular formula is C42H49NO5S2. The van der Waals surface area contributed by atoms with Crippen molar-refractivity contribution in [3.63, 3.8) is 0 Å². The zero-order valence-electron chi connectivity index (χ0n) is 29.3. The van der Waals surface area contributed by atoms with Crippen LogP contribution in [0.5, 0.6) is 0 Å². The molecule has 4 aromatic rings. The topological polar surface area (TPSA) is 94.9 Å². The number of carbonyl (C=O) groups is 1. The predicted molar refractivity (Wildman–Crippen MR) is 203 cm³/mol. The Hall–Kier alpha value is -3.40.